The summed E-state index contributed by atoms with van der Waals surface area (Å²) in [4.78, 5) is 13.8. The molecule has 3 unspecified atom stereocenters. The first-order valence-electron chi connectivity index (χ1n) is 7.12. The maximum atomic E-state index is 12.1. The SMILES string of the molecule is O=C(NC1CC1c1cccc(Cl)c1)N1CCCC(O)C1. The highest BCUT2D eigenvalue weighted by molar-refractivity contribution is 6.30. The number of aliphatic hydroxyl groups excluding tert-OH is 1. The number of likely N-dealkylation sites (tertiary alicyclic amines) is 1. The van der Waals surface area contributed by atoms with Gasteiger partial charge in [-0.05, 0) is 37.0 Å². The Morgan fingerprint density at radius 1 is 1.45 bits per heavy atom. The summed E-state index contributed by atoms with van der Waals surface area (Å²) in [5.41, 5.74) is 1.18. The van der Waals surface area contributed by atoms with E-state index in [0.29, 0.717) is 12.5 Å². The highest BCUT2D eigenvalue weighted by Gasteiger charge is 2.40. The fourth-order valence-electron chi connectivity index (χ4n) is 2.85. The van der Waals surface area contributed by atoms with Crippen molar-refractivity contribution < 1.29 is 9.90 Å². The number of urea groups is 1. The molecule has 1 saturated heterocycles. The monoisotopic (exact) mass is 294 g/mol. The molecule has 4 nitrogen and oxygen atoms in total. The molecule has 108 valence electrons. The van der Waals surface area contributed by atoms with E-state index in [9.17, 15) is 9.90 Å². The highest BCUT2D eigenvalue weighted by Crippen LogP contribution is 2.41. The maximum absolute atomic E-state index is 12.1. The first kappa shape index (κ1) is 13.7. The van der Waals surface area contributed by atoms with Crippen molar-refractivity contribution in [1.29, 1.82) is 0 Å². The van der Waals surface area contributed by atoms with Gasteiger partial charge < -0.3 is 15.3 Å². The van der Waals surface area contributed by atoms with Gasteiger partial charge in [0.1, 0.15) is 0 Å². The molecule has 20 heavy (non-hydrogen) atoms. The number of nitrogens with zero attached hydrogens (tertiary/aromatic N) is 1. The Hall–Kier alpha value is -1.26. The fourth-order valence-corrected chi connectivity index (χ4v) is 3.05. The van der Waals surface area contributed by atoms with Crippen molar-refractivity contribution in [3.05, 3.63) is 34.9 Å². The molecule has 3 atom stereocenters. The van der Waals surface area contributed by atoms with E-state index in [2.05, 4.69) is 5.32 Å². The van der Waals surface area contributed by atoms with Gasteiger partial charge in [0.25, 0.3) is 0 Å². The normalized spacial score (nSPS) is 29.1. The highest BCUT2D eigenvalue weighted by atomic mass is 35.5. The van der Waals surface area contributed by atoms with Crippen LogP contribution in [-0.2, 0) is 0 Å². The third-order valence-electron chi connectivity index (χ3n) is 4.06. The number of carbonyl (C=O) groups is 1. The summed E-state index contributed by atoms with van der Waals surface area (Å²) in [6, 6.07) is 7.95. The molecule has 1 heterocycles. The van der Waals surface area contributed by atoms with Gasteiger partial charge in [0.2, 0.25) is 0 Å². The van der Waals surface area contributed by atoms with Crippen LogP contribution in [0, 0.1) is 0 Å². The molecule has 0 spiro atoms. The number of β-amino-alcohol motifs (C(OH)–C–C–N with tert-alkyl or cyclic N) is 1. The van der Waals surface area contributed by atoms with Gasteiger partial charge >= 0.3 is 6.03 Å². The number of piperidine rings is 1. The number of carbonyl (C=O) groups excluding carboxylic acids is 1. The van der Waals surface area contributed by atoms with Crippen LogP contribution in [0.3, 0.4) is 0 Å². The zero-order valence-electron chi connectivity index (χ0n) is 11.3. The average Bonchev–Trinajstić information content (AvgIpc) is 3.18. The Kier molecular flexibility index (Phi) is 3.85. The maximum Gasteiger partial charge on any atom is 0.317 e. The Bertz CT molecular complexity index is 508. The molecule has 1 aromatic rings. The third-order valence-corrected chi connectivity index (χ3v) is 4.29. The van der Waals surface area contributed by atoms with E-state index >= 15 is 0 Å². The lowest BCUT2D eigenvalue weighted by Crippen LogP contribution is -2.47. The van der Waals surface area contributed by atoms with E-state index in [0.717, 1.165) is 30.8 Å². The van der Waals surface area contributed by atoms with Gasteiger partial charge in [0, 0.05) is 30.1 Å². The second-order valence-electron chi connectivity index (χ2n) is 5.70. The Labute approximate surface area is 123 Å². The number of halogens is 1. The molecule has 5 heteroatoms. The Morgan fingerprint density at radius 2 is 2.30 bits per heavy atom. The molecule has 3 rings (SSSR count). The molecule has 2 fully saturated rings. The minimum atomic E-state index is -0.377. The van der Waals surface area contributed by atoms with Gasteiger partial charge in [-0.2, -0.15) is 0 Å². The van der Waals surface area contributed by atoms with Crippen LogP contribution in [0.5, 0.6) is 0 Å². The van der Waals surface area contributed by atoms with E-state index in [4.69, 9.17) is 11.6 Å². The molecule has 0 radical (unpaired) electrons. The summed E-state index contributed by atoms with van der Waals surface area (Å²) in [5.74, 6) is 0.368. The fraction of sp³-hybridized carbons (Fsp3) is 0.533. The van der Waals surface area contributed by atoms with Crippen LogP contribution in [0.15, 0.2) is 24.3 Å². The third kappa shape index (κ3) is 3.07. The zero-order valence-corrected chi connectivity index (χ0v) is 12.0. The summed E-state index contributed by atoms with van der Waals surface area (Å²) >= 11 is 5.98. The molecule has 1 aliphatic carbocycles. The quantitative estimate of drug-likeness (QED) is 0.880. The van der Waals surface area contributed by atoms with Crippen LogP contribution in [-0.4, -0.2) is 41.3 Å². The van der Waals surface area contributed by atoms with Crippen LogP contribution in [0.4, 0.5) is 4.79 Å². The van der Waals surface area contributed by atoms with Gasteiger partial charge in [0.15, 0.2) is 0 Å². The number of aliphatic hydroxyl groups is 1. The van der Waals surface area contributed by atoms with Crippen LogP contribution in [0.25, 0.3) is 0 Å². The van der Waals surface area contributed by atoms with Gasteiger partial charge in [-0.25, -0.2) is 4.79 Å². The summed E-state index contributed by atoms with van der Waals surface area (Å²) in [6.45, 7) is 1.18. The second kappa shape index (κ2) is 5.62. The second-order valence-corrected chi connectivity index (χ2v) is 6.13. The van der Waals surface area contributed by atoms with E-state index in [1.807, 2.05) is 24.3 Å². The largest absolute Gasteiger partial charge is 0.391 e. The van der Waals surface area contributed by atoms with Crippen molar-refractivity contribution >= 4 is 17.6 Å². The minimum absolute atomic E-state index is 0.0571. The number of nitrogens with one attached hydrogen (secondary N) is 1. The van der Waals surface area contributed by atoms with Crippen molar-refractivity contribution in [2.24, 2.45) is 0 Å². The standard InChI is InChI=1S/C15H19ClN2O2/c16-11-4-1-3-10(7-11)13-8-14(13)17-15(20)18-6-2-5-12(19)9-18/h1,3-4,7,12-14,19H,2,5-6,8-9H2,(H,17,20). The lowest BCUT2D eigenvalue weighted by atomic mass is 10.1. The summed E-state index contributed by atoms with van der Waals surface area (Å²) in [6.07, 6.45) is 2.25. The smallest absolute Gasteiger partial charge is 0.317 e. The molecule has 1 aromatic carbocycles. The number of benzene rings is 1. The molecule has 0 bridgehead atoms. The van der Waals surface area contributed by atoms with E-state index in [-0.39, 0.29) is 18.2 Å². The summed E-state index contributed by atoms with van der Waals surface area (Å²) < 4.78 is 0. The molecule has 1 saturated carbocycles. The van der Waals surface area contributed by atoms with Crippen molar-refractivity contribution in [3.8, 4) is 0 Å². The first-order chi connectivity index (χ1) is 9.63. The van der Waals surface area contributed by atoms with Crippen LogP contribution >= 0.6 is 11.6 Å². The van der Waals surface area contributed by atoms with Crippen molar-refractivity contribution in [2.75, 3.05) is 13.1 Å². The Morgan fingerprint density at radius 3 is 3.05 bits per heavy atom. The zero-order chi connectivity index (χ0) is 14.1. The molecule has 1 aliphatic heterocycles. The predicted molar refractivity (Wildman–Crippen MR) is 77.9 cm³/mol. The van der Waals surface area contributed by atoms with Gasteiger partial charge in [0.05, 0.1) is 6.10 Å². The van der Waals surface area contributed by atoms with E-state index in [1.54, 1.807) is 4.90 Å². The average molecular weight is 295 g/mol. The van der Waals surface area contributed by atoms with Gasteiger partial charge in [-0.3, -0.25) is 0 Å². The number of hydrogen-bond donors (Lipinski definition) is 2. The predicted octanol–water partition coefficient (Wildman–Crippen LogP) is 2.36. The molecule has 0 aromatic heterocycles. The number of hydrogen-bond acceptors (Lipinski definition) is 2. The van der Waals surface area contributed by atoms with Crippen molar-refractivity contribution in [3.63, 3.8) is 0 Å². The lowest BCUT2D eigenvalue weighted by molar-refractivity contribution is 0.0841. The lowest BCUT2D eigenvalue weighted by Gasteiger charge is -2.30. The number of amides is 2. The van der Waals surface area contributed by atoms with Crippen LogP contribution in [0.2, 0.25) is 5.02 Å². The van der Waals surface area contributed by atoms with Gasteiger partial charge in [-0.15, -0.1) is 0 Å². The molecular formula is C15H19ClN2O2. The topological polar surface area (TPSA) is 52.6 Å². The minimum Gasteiger partial charge on any atom is -0.391 e. The van der Waals surface area contributed by atoms with E-state index in [1.165, 1.54) is 5.56 Å². The first-order valence-corrected chi connectivity index (χ1v) is 7.50. The molecule has 2 amide bonds. The molecule has 2 aliphatic rings. The Balaban J connectivity index is 1.54. The van der Waals surface area contributed by atoms with Crippen molar-refractivity contribution in [2.45, 2.75) is 37.3 Å². The van der Waals surface area contributed by atoms with Gasteiger partial charge in [-0.1, -0.05) is 23.7 Å². The van der Waals surface area contributed by atoms with E-state index < -0.39 is 0 Å². The molecular weight excluding hydrogens is 276 g/mol. The number of rotatable bonds is 2. The van der Waals surface area contributed by atoms with Crippen LogP contribution < -0.4 is 5.32 Å². The summed E-state index contributed by atoms with van der Waals surface area (Å²) in [5, 5.41) is 13.4. The van der Waals surface area contributed by atoms with Crippen molar-refractivity contribution in [1.82, 2.24) is 10.2 Å². The van der Waals surface area contributed by atoms with Crippen LogP contribution in [0.1, 0.15) is 30.7 Å². The molecule has 2 N–H and O–H groups in total. The summed E-state index contributed by atoms with van der Waals surface area (Å²) in [7, 11) is 0.